The van der Waals surface area contributed by atoms with E-state index >= 15 is 0 Å². The molecular formula is C12H16N4S2. The lowest BCUT2D eigenvalue weighted by atomic mass is 10.3. The van der Waals surface area contributed by atoms with E-state index in [0.717, 1.165) is 0 Å². The third kappa shape index (κ3) is 7.13. The van der Waals surface area contributed by atoms with Crippen molar-refractivity contribution in [2.24, 2.45) is 0 Å². The number of aromatic amines is 1. The zero-order valence-electron chi connectivity index (χ0n) is 10.6. The molecule has 1 N–H and O–H groups in total. The molecule has 0 spiro atoms. The smallest absolute Gasteiger partial charge is 0.121 e. The Hall–Kier alpha value is -1.27. The molecule has 0 aliphatic heterocycles. The molecule has 4 nitrogen and oxygen atoms in total. The minimum atomic E-state index is 0.253. The number of aromatic nitrogens is 4. The summed E-state index contributed by atoms with van der Waals surface area (Å²) < 4.78 is 0.922. The van der Waals surface area contributed by atoms with Gasteiger partial charge in [-0.25, -0.2) is 0 Å². The van der Waals surface area contributed by atoms with Gasteiger partial charge in [0.25, 0.3) is 0 Å². The van der Waals surface area contributed by atoms with E-state index < -0.39 is 0 Å². The van der Waals surface area contributed by atoms with Gasteiger partial charge in [0.2, 0.25) is 0 Å². The molecule has 2 heterocycles. The lowest BCUT2D eigenvalue weighted by Gasteiger charge is -2.16. The SMILES string of the molecule is CC(C)(C)Sc1ccnnc1.S=c1cncc[nH]1. The van der Waals surface area contributed by atoms with E-state index in [1.807, 2.05) is 6.07 Å². The Kier molecular flexibility index (Phi) is 5.94. The minimum Gasteiger partial charge on any atom is -0.350 e. The molecule has 0 radical (unpaired) electrons. The fraction of sp³-hybridized carbons (Fsp3) is 0.333. The summed E-state index contributed by atoms with van der Waals surface area (Å²) in [6, 6.07) is 1.98. The molecular weight excluding hydrogens is 264 g/mol. The average molecular weight is 280 g/mol. The van der Waals surface area contributed by atoms with Crippen LogP contribution in [-0.2, 0) is 0 Å². The van der Waals surface area contributed by atoms with Crippen LogP contribution in [0.15, 0.2) is 41.9 Å². The van der Waals surface area contributed by atoms with Crippen LogP contribution in [0.5, 0.6) is 0 Å². The summed E-state index contributed by atoms with van der Waals surface area (Å²) in [7, 11) is 0. The van der Waals surface area contributed by atoms with Gasteiger partial charge in [-0.15, -0.1) is 11.8 Å². The second-order valence-electron chi connectivity index (χ2n) is 4.40. The van der Waals surface area contributed by atoms with Gasteiger partial charge in [0, 0.05) is 22.0 Å². The number of nitrogens with zero attached hydrogens (tertiary/aromatic N) is 3. The zero-order chi connectivity index (χ0) is 13.4. The van der Waals surface area contributed by atoms with Crippen molar-refractivity contribution in [3.05, 3.63) is 41.7 Å². The topological polar surface area (TPSA) is 54.5 Å². The van der Waals surface area contributed by atoms with Crippen molar-refractivity contribution >= 4 is 24.0 Å². The van der Waals surface area contributed by atoms with Gasteiger partial charge in [0.15, 0.2) is 0 Å². The van der Waals surface area contributed by atoms with Crippen molar-refractivity contribution in [3.8, 4) is 0 Å². The number of thioether (sulfide) groups is 1. The van der Waals surface area contributed by atoms with E-state index in [2.05, 4.69) is 40.9 Å². The molecule has 0 saturated heterocycles. The molecule has 0 aliphatic carbocycles. The van der Waals surface area contributed by atoms with Crippen LogP contribution >= 0.6 is 24.0 Å². The summed E-state index contributed by atoms with van der Waals surface area (Å²) in [5.74, 6) is 0. The standard InChI is InChI=1S/C8H12N2S.C4H4N2S/c1-8(2,3)11-7-4-5-9-10-6-7;7-4-3-5-1-2-6-4/h4-6H,1-3H3;1-3H,(H,6,7). The van der Waals surface area contributed by atoms with Crippen molar-refractivity contribution < 1.29 is 0 Å². The van der Waals surface area contributed by atoms with Crippen molar-refractivity contribution in [3.63, 3.8) is 0 Å². The van der Waals surface area contributed by atoms with E-state index in [1.54, 1.807) is 42.7 Å². The maximum atomic E-state index is 4.69. The fourth-order valence-corrected chi connectivity index (χ4v) is 2.07. The normalized spacial score (nSPS) is 10.4. The van der Waals surface area contributed by atoms with E-state index in [1.165, 1.54) is 4.90 Å². The summed E-state index contributed by atoms with van der Waals surface area (Å²) in [5, 5.41) is 7.51. The van der Waals surface area contributed by atoms with Crippen molar-refractivity contribution in [2.45, 2.75) is 30.4 Å². The highest BCUT2D eigenvalue weighted by Crippen LogP contribution is 2.30. The first kappa shape index (κ1) is 14.8. The summed E-state index contributed by atoms with van der Waals surface area (Å²) in [6.45, 7) is 6.54. The largest absolute Gasteiger partial charge is 0.350 e. The Balaban J connectivity index is 0.000000199. The summed E-state index contributed by atoms with van der Waals surface area (Å²) in [4.78, 5) is 7.71. The molecule has 96 valence electrons. The van der Waals surface area contributed by atoms with Crippen molar-refractivity contribution in [1.29, 1.82) is 0 Å². The first-order valence-electron chi connectivity index (χ1n) is 5.42. The zero-order valence-corrected chi connectivity index (χ0v) is 12.3. The molecule has 0 unspecified atom stereocenters. The van der Waals surface area contributed by atoms with Crippen LogP contribution < -0.4 is 0 Å². The first-order valence-corrected chi connectivity index (χ1v) is 6.64. The number of hydrogen-bond acceptors (Lipinski definition) is 5. The Morgan fingerprint density at radius 1 is 1.17 bits per heavy atom. The van der Waals surface area contributed by atoms with Crippen LogP contribution in [0, 0.1) is 4.64 Å². The lowest BCUT2D eigenvalue weighted by molar-refractivity contribution is 0.801. The molecule has 0 aromatic carbocycles. The molecule has 0 bridgehead atoms. The van der Waals surface area contributed by atoms with Gasteiger partial charge in [-0.05, 0) is 6.07 Å². The van der Waals surface area contributed by atoms with Crippen molar-refractivity contribution in [2.75, 3.05) is 0 Å². The Labute approximate surface area is 116 Å². The van der Waals surface area contributed by atoms with Crippen LogP contribution in [0.3, 0.4) is 0 Å². The van der Waals surface area contributed by atoms with Crippen LogP contribution in [0.4, 0.5) is 0 Å². The van der Waals surface area contributed by atoms with E-state index in [-0.39, 0.29) is 4.75 Å². The maximum Gasteiger partial charge on any atom is 0.121 e. The van der Waals surface area contributed by atoms with Gasteiger partial charge in [0.05, 0.1) is 18.6 Å². The van der Waals surface area contributed by atoms with Gasteiger partial charge < -0.3 is 4.98 Å². The molecule has 0 amide bonds. The Morgan fingerprint density at radius 3 is 2.33 bits per heavy atom. The second-order valence-corrected chi connectivity index (χ2v) is 6.74. The predicted octanol–water partition coefficient (Wildman–Crippen LogP) is 3.51. The molecule has 18 heavy (non-hydrogen) atoms. The van der Waals surface area contributed by atoms with E-state index in [0.29, 0.717) is 4.64 Å². The molecule has 0 atom stereocenters. The molecule has 6 heteroatoms. The summed E-state index contributed by atoms with van der Waals surface area (Å²) in [6.07, 6.45) is 8.44. The highest BCUT2D eigenvalue weighted by atomic mass is 32.2. The highest BCUT2D eigenvalue weighted by Gasteiger charge is 2.11. The van der Waals surface area contributed by atoms with Gasteiger partial charge in [-0.2, -0.15) is 10.2 Å². The Morgan fingerprint density at radius 2 is 1.94 bits per heavy atom. The Bertz CT molecular complexity index is 488. The number of hydrogen-bond donors (Lipinski definition) is 1. The van der Waals surface area contributed by atoms with Crippen LogP contribution in [-0.4, -0.2) is 24.9 Å². The number of H-pyrrole nitrogens is 1. The first-order chi connectivity index (χ1) is 8.47. The number of rotatable bonds is 1. The second kappa shape index (κ2) is 7.23. The van der Waals surface area contributed by atoms with E-state index in [9.17, 15) is 0 Å². The van der Waals surface area contributed by atoms with Crippen LogP contribution in [0.25, 0.3) is 0 Å². The van der Waals surface area contributed by atoms with E-state index in [4.69, 9.17) is 12.2 Å². The van der Waals surface area contributed by atoms with Crippen molar-refractivity contribution in [1.82, 2.24) is 20.2 Å². The highest BCUT2D eigenvalue weighted by molar-refractivity contribution is 8.00. The fourth-order valence-electron chi connectivity index (χ4n) is 1.00. The van der Waals surface area contributed by atoms with Crippen LogP contribution in [0.2, 0.25) is 0 Å². The molecule has 0 saturated carbocycles. The predicted molar refractivity (Wildman–Crippen MR) is 77.1 cm³/mol. The summed E-state index contributed by atoms with van der Waals surface area (Å²) >= 11 is 6.49. The van der Waals surface area contributed by atoms with Gasteiger partial charge in [-0.1, -0.05) is 33.0 Å². The third-order valence-electron chi connectivity index (χ3n) is 1.56. The molecule has 2 aromatic heterocycles. The lowest BCUT2D eigenvalue weighted by Crippen LogP contribution is -2.06. The molecule has 0 aliphatic rings. The van der Waals surface area contributed by atoms with Gasteiger partial charge >= 0.3 is 0 Å². The molecule has 2 rings (SSSR count). The quantitative estimate of drug-likeness (QED) is 0.640. The van der Waals surface area contributed by atoms with Gasteiger partial charge in [0.1, 0.15) is 4.64 Å². The summed E-state index contributed by atoms with van der Waals surface area (Å²) in [5.41, 5.74) is 0. The van der Waals surface area contributed by atoms with Gasteiger partial charge in [-0.3, -0.25) is 4.98 Å². The monoisotopic (exact) mass is 280 g/mol. The average Bonchev–Trinajstić information content (AvgIpc) is 2.30. The molecule has 2 aromatic rings. The maximum absolute atomic E-state index is 4.69. The third-order valence-corrected chi connectivity index (χ3v) is 2.87. The molecule has 0 fully saturated rings. The van der Waals surface area contributed by atoms with Crippen LogP contribution in [0.1, 0.15) is 20.8 Å². The number of nitrogens with one attached hydrogen (secondary N) is 1. The minimum absolute atomic E-state index is 0.253.